The monoisotopic (exact) mass is 744 g/mol. The first-order valence-corrected chi connectivity index (χ1v) is 19.5. The van der Waals surface area contributed by atoms with Crippen molar-refractivity contribution in [2.45, 2.75) is 64.2 Å². The van der Waals surface area contributed by atoms with E-state index < -0.39 is 0 Å². The van der Waals surface area contributed by atoms with Gasteiger partial charge in [-0.05, 0) is 74.9 Å². The minimum atomic E-state index is -0.123. The molecule has 12 heteroatoms. The SMILES string of the molecule is O=c1c2ccccc2n(CCOCCOCCOC2CCCCO2)c2cc3c(=O)c4ccccc4n(CCOCCOCCOC4CCCCO4)c3cc12. The van der Waals surface area contributed by atoms with Gasteiger partial charge in [-0.1, -0.05) is 24.3 Å². The summed E-state index contributed by atoms with van der Waals surface area (Å²) in [6, 6.07) is 18.9. The van der Waals surface area contributed by atoms with Crippen LogP contribution in [0.1, 0.15) is 38.5 Å². The van der Waals surface area contributed by atoms with Crippen molar-refractivity contribution >= 4 is 43.6 Å². The lowest BCUT2D eigenvalue weighted by atomic mass is 10.0. The van der Waals surface area contributed by atoms with Gasteiger partial charge in [0.2, 0.25) is 0 Å². The van der Waals surface area contributed by atoms with E-state index in [2.05, 4.69) is 9.13 Å². The lowest BCUT2D eigenvalue weighted by Gasteiger charge is -2.22. The largest absolute Gasteiger partial charge is 0.377 e. The zero-order valence-corrected chi connectivity index (χ0v) is 31.0. The van der Waals surface area contributed by atoms with Gasteiger partial charge in [0, 0.05) is 47.8 Å². The van der Waals surface area contributed by atoms with Crippen LogP contribution in [0, 0.1) is 0 Å². The lowest BCUT2D eigenvalue weighted by molar-refractivity contribution is -0.169. The van der Waals surface area contributed by atoms with Crippen LogP contribution in [0.5, 0.6) is 0 Å². The van der Waals surface area contributed by atoms with Crippen LogP contribution in [0.4, 0.5) is 0 Å². The summed E-state index contributed by atoms with van der Waals surface area (Å²) < 4.78 is 50.2. The number of fused-ring (bicyclic) bond motifs is 4. The molecular formula is C42H52N2O10. The molecule has 0 bridgehead atoms. The number of ether oxygens (including phenoxy) is 8. The van der Waals surface area contributed by atoms with Gasteiger partial charge in [0.1, 0.15) is 0 Å². The van der Waals surface area contributed by atoms with Crippen molar-refractivity contribution in [3.05, 3.63) is 81.1 Å². The molecule has 0 spiro atoms. The molecule has 0 N–H and O–H groups in total. The van der Waals surface area contributed by atoms with Crippen molar-refractivity contribution in [1.29, 1.82) is 0 Å². The molecule has 54 heavy (non-hydrogen) atoms. The molecule has 5 aromatic rings. The van der Waals surface area contributed by atoms with Crippen LogP contribution < -0.4 is 10.9 Å². The third kappa shape index (κ3) is 9.55. The predicted octanol–water partition coefficient (Wildman–Crippen LogP) is 5.78. The van der Waals surface area contributed by atoms with E-state index in [4.69, 9.17) is 37.9 Å². The molecule has 2 fully saturated rings. The molecule has 0 amide bonds. The fourth-order valence-electron chi connectivity index (χ4n) is 7.34. The molecule has 4 heterocycles. The zero-order chi connectivity index (χ0) is 37.0. The van der Waals surface area contributed by atoms with E-state index in [9.17, 15) is 9.59 Å². The molecule has 3 aromatic carbocycles. The Hall–Kier alpha value is -3.72. The third-order valence-corrected chi connectivity index (χ3v) is 10.1. The highest BCUT2D eigenvalue weighted by Gasteiger charge is 2.18. The standard InChI is InChI=1S/C42H52N2O10/c45-41-31-9-1-3-11-35(31)43(15-19-47-21-23-49-25-27-53-39-13-5-7-17-51-39)37-30-34-38(29-33(37)41)44(36-12-4-2-10-32(36)42(34)46)16-20-48-22-24-50-26-28-54-40-14-6-8-18-52-40/h1-4,9-12,29-30,39-40H,5-8,13-28H2. The van der Waals surface area contributed by atoms with Crippen molar-refractivity contribution in [2.24, 2.45) is 0 Å². The molecule has 0 radical (unpaired) electrons. The molecule has 2 unspecified atom stereocenters. The molecule has 7 rings (SSSR count). The fraction of sp³-hybridized carbons (Fsp3) is 0.524. The molecule has 12 nitrogen and oxygen atoms in total. The molecule has 2 aliphatic heterocycles. The Morgan fingerprint density at radius 3 is 1.31 bits per heavy atom. The zero-order valence-electron chi connectivity index (χ0n) is 31.0. The van der Waals surface area contributed by atoms with Gasteiger partial charge in [0.05, 0.1) is 88.1 Å². The predicted molar refractivity (Wildman–Crippen MR) is 207 cm³/mol. The smallest absolute Gasteiger partial charge is 0.197 e. The molecule has 2 saturated heterocycles. The second-order valence-corrected chi connectivity index (χ2v) is 13.7. The summed E-state index contributed by atoms with van der Waals surface area (Å²) in [5.74, 6) is 0. The Morgan fingerprint density at radius 2 is 0.889 bits per heavy atom. The maximum Gasteiger partial charge on any atom is 0.197 e. The Kier molecular flexibility index (Phi) is 14.1. The first kappa shape index (κ1) is 38.6. The van der Waals surface area contributed by atoms with Gasteiger partial charge in [-0.3, -0.25) is 9.59 Å². The summed E-state index contributed by atoms with van der Waals surface area (Å²) in [7, 11) is 0. The van der Waals surface area contributed by atoms with E-state index >= 15 is 0 Å². The lowest BCUT2D eigenvalue weighted by Crippen LogP contribution is -2.24. The minimum Gasteiger partial charge on any atom is -0.377 e. The van der Waals surface area contributed by atoms with Crippen LogP contribution in [-0.4, -0.2) is 101 Å². The Balaban J connectivity index is 1.02. The number of nitrogens with zero attached hydrogens (tertiary/aromatic N) is 2. The topological polar surface area (TPSA) is 118 Å². The first-order valence-electron chi connectivity index (χ1n) is 19.5. The van der Waals surface area contributed by atoms with Crippen LogP contribution >= 0.6 is 0 Å². The van der Waals surface area contributed by atoms with Crippen molar-refractivity contribution in [3.8, 4) is 0 Å². The number of hydrogen-bond acceptors (Lipinski definition) is 10. The quantitative estimate of drug-likeness (QED) is 0.0718. The van der Waals surface area contributed by atoms with Gasteiger partial charge in [-0.2, -0.15) is 0 Å². The van der Waals surface area contributed by atoms with Gasteiger partial charge in [0.25, 0.3) is 0 Å². The van der Waals surface area contributed by atoms with Crippen molar-refractivity contribution in [1.82, 2.24) is 9.13 Å². The van der Waals surface area contributed by atoms with E-state index in [1.54, 1.807) is 0 Å². The number of rotatable bonds is 20. The second-order valence-electron chi connectivity index (χ2n) is 13.7. The van der Waals surface area contributed by atoms with E-state index in [1.807, 2.05) is 60.7 Å². The molecule has 2 atom stereocenters. The molecular weight excluding hydrogens is 692 g/mol. The van der Waals surface area contributed by atoms with E-state index in [1.165, 1.54) is 0 Å². The summed E-state index contributed by atoms with van der Waals surface area (Å²) in [4.78, 5) is 28.0. The highest BCUT2D eigenvalue weighted by Crippen LogP contribution is 2.26. The highest BCUT2D eigenvalue weighted by atomic mass is 16.7. The van der Waals surface area contributed by atoms with E-state index in [-0.39, 0.29) is 23.4 Å². The van der Waals surface area contributed by atoms with Crippen molar-refractivity contribution in [2.75, 3.05) is 79.3 Å². The average molecular weight is 745 g/mol. The maximum atomic E-state index is 14.0. The van der Waals surface area contributed by atoms with E-state index in [0.717, 1.165) is 62.8 Å². The fourth-order valence-corrected chi connectivity index (χ4v) is 7.34. The van der Waals surface area contributed by atoms with Crippen LogP contribution in [0.25, 0.3) is 43.6 Å². The number of benzene rings is 3. The number of pyridine rings is 2. The summed E-state index contributed by atoms with van der Waals surface area (Å²) in [6.45, 7) is 6.96. The van der Waals surface area contributed by atoms with Gasteiger partial charge in [0.15, 0.2) is 23.4 Å². The number of aromatic nitrogens is 2. The Morgan fingerprint density at radius 1 is 0.481 bits per heavy atom. The van der Waals surface area contributed by atoms with Gasteiger partial charge >= 0.3 is 0 Å². The normalized spacial score (nSPS) is 18.0. The van der Waals surface area contributed by atoms with Gasteiger partial charge in [-0.25, -0.2) is 0 Å². The van der Waals surface area contributed by atoms with Gasteiger partial charge in [-0.15, -0.1) is 0 Å². The second kappa shape index (κ2) is 19.7. The summed E-state index contributed by atoms with van der Waals surface area (Å²) in [6.07, 6.45) is 6.06. The highest BCUT2D eigenvalue weighted by molar-refractivity contribution is 6.03. The molecule has 2 aliphatic rings. The van der Waals surface area contributed by atoms with E-state index in [0.29, 0.717) is 112 Å². The third-order valence-electron chi connectivity index (χ3n) is 10.1. The summed E-state index contributed by atoms with van der Waals surface area (Å²) >= 11 is 0. The Bertz CT molecular complexity index is 1930. The summed E-state index contributed by atoms with van der Waals surface area (Å²) in [5, 5.41) is 2.32. The number of hydrogen-bond donors (Lipinski definition) is 0. The van der Waals surface area contributed by atoms with Crippen LogP contribution in [0.2, 0.25) is 0 Å². The maximum absolute atomic E-state index is 14.0. The van der Waals surface area contributed by atoms with Gasteiger partial charge < -0.3 is 47.0 Å². The van der Waals surface area contributed by atoms with Crippen LogP contribution in [0.15, 0.2) is 70.3 Å². The van der Waals surface area contributed by atoms with Crippen molar-refractivity contribution in [3.63, 3.8) is 0 Å². The Labute approximate surface area is 314 Å². The first-order chi connectivity index (χ1) is 26.7. The minimum absolute atomic E-state index is 0.0755. The van der Waals surface area contributed by atoms with Crippen molar-refractivity contribution < 1.29 is 37.9 Å². The summed E-state index contributed by atoms with van der Waals surface area (Å²) in [5.41, 5.74) is 2.82. The molecule has 290 valence electrons. The number of para-hydroxylation sites is 2. The molecule has 0 saturated carbocycles. The molecule has 2 aromatic heterocycles. The van der Waals surface area contributed by atoms with Crippen LogP contribution in [-0.2, 0) is 51.0 Å². The van der Waals surface area contributed by atoms with Crippen LogP contribution in [0.3, 0.4) is 0 Å². The molecule has 0 aliphatic carbocycles. The average Bonchev–Trinajstić information content (AvgIpc) is 3.22.